The lowest BCUT2D eigenvalue weighted by Crippen LogP contribution is -2.59. The van der Waals surface area contributed by atoms with Crippen molar-refractivity contribution in [2.75, 3.05) is 26.8 Å². The van der Waals surface area contributed by atoms with Crippen molar-refractivity contribution in [3.63, 3.8) is 0 Å². The highest BCUT2D eigenvalue weighted by atomic mass is 16.5. The number of piperidine rings is 1. The van der Waals surface area contributed by atoms with E-state index >= 15 is 0 Å². The minimum absolute atomic E-state index is 0.0429. The second kappa shape index (κ2) is 11.2. The molecule has 9 nitrogen and oxygen atoms in total. The molecule has 1 atom stereocenters. The van der Waals surface area contributed by atoms with E-state index < -0.39 is 11.8 Å². The summed E-state index contributed by atoms with van der Waals surface area (Å²) in [5, 5.41) is 2.91. The molecule has 1 aromatic heterocycles. The average Bonchev–Trinajstić information content (AvgIpc) is 3.34. The third-order valence-electron chi connectivity index (χ3n) is 7.50. The third kappa shape index (κ3) is 5.35. The molecule has 202 valence electrons. The van der Waals surface area contributed by atoms with Gasteiger partial charge in [0.1, 0.15) is 17.5 Å². The van der Waals surface area contributed by atoms with Crippen molar-refractivity contribution in [1.82, 2.24) is 20.1 Å². The molecular weight excluding hydrogens is 496 g/mol. The number of aryl methyl sites for hydroxylation is 1. The molecule has 2 saturated heterocycles. The highest BCUT2D eigenvalue weighted by Crippen LogP contribution is 2.39. The minimum Gasteiger partial charge on any atom is -0.497 e. The summed E-state index contributed by atoms with van der Waals surface area (Å²) >= 11 is 0. The number of carbonyl (C=O) groups is 3. The van der Waals surface area contributed by atoms with E-state index in [2.05, 4.69) is 10.3 Å². The number of methoxy groups -OCH3 is 1. The summed E-state index contributed by atoms with van der Waals surface area (Å²) in [5.74, 6) is -0.0186. The summed E-state index contributed by atoms with van der Waals surface area (Å²) in [7, 11) is 1.56. The van der Waals surface area contributed by atoms with Crippen LogP contribution in [-0.2, 0) is 16.1 Å². The number of aromatic nitrogens is 1. The summed E-state index contributed by atoms with van der Waals surface area (Å²) < 4.78 is 11.5. The van der Waals surface area contributed by atoms with Crippen LogP contribution in [0.1, 0.15) is 44.8 Å². The van der Waals surface area contributed by atoms with Gasteiger partial charge in [-0.15, -0.1) is 0 Å². The first-order valence-corrected chi connectivity index (χ1v) is 13.1. The number of nitrogens with one attached hydrogen (secondary N) is 1. The maximum atomic E-state index is 13.9. The van der Waals surface area contributed by atoms with Crippen molar-refractivity contribution in [3.05, 3.63) is 95.3 Å². The maximum Gasteiger partial charge on any atom is 0.256 e. The molecule has 1 unspecified atom stereocenters. The van der Waals surface area contributed by atoms with E-state index in [9.17, 15) is 14.4 Å². The third-order valence-corrected chi connectivity index (χ3v) is 7.50. The van der Waals surface area contributed by atoms with Crippen molar-refractivity contribution in [2.24, 2.45) is 0 Å². The number of amides is 3. The fraction of sp³-hybridized carbons (Fsp3) is 0.333. The van der Waals surface area contributed by atoms with Crippen LogP contribution in [0.15, 0.2) is 72.9 Å². The van der Waals surface area contributed by atoms with Crippen LogP contribution in [0, 0.1) is 6.92 Å². The van der Waals surface area contributed by atoms with E-state index in [1.807, 2.05) is 49.4 Å². The Morgan fingerprint density at radius 3 is 2.38 bits per heavy atom. The molecule has 1 N–H and O–H groups in total. The van der Waals surface area contributed by atoms with Gasteiger partial charge in [-0.25, -0.2) is 0 Å². The fourth-order valence-electron chi connectivity index (χ4n) is 5.28. The van der Waals surface area contributed by atoms with E-state index in [1.54, 1.807) is 47.4 Å². The SMILES string of the molecule is COc1ccc(C(=O)N2C(C(=O)NCc3ccccn3)COC23CCN(C(=O)c2ccccc2C)CC3)cc1. The highest BCUT2D eigenvalue weighted by Gasteiger charge is 2.54. The number of carbonyl (C=O) groups excluding carboxylic acids is 3. The van der Waals surface area contributed by atoms with Gasteiger partial charge in [-0.2, -0.15) is 0 Å². The Balaban J connectivity index is 1.37. The smallest absolute Gasteiger partial charge is 0.256 e. The second-order valence-electron chi connectivity index (χ2n) is 9.82. The molecule has 0 bridgehead atoms. The van der Waals surface area contributed by atoms with Gasteiger partial charge in [0.05, 0.1) is 26.0 Å². The number of hydrogen-bond acceptors (Lipinski definition) is 6. The summed E-state index contributed by atoms with van der Waals surface area (Å²) in [4.78, 5) is 48.2. The first-order chi connectivity index (χ1) is 18.9. The molecule has 2 fully saturated rings. The van der Waals surface area contributed by atoms with Crippen LogP contribution in [-0.4, -0.2) is 71.1 Å². The highest BCUT2D eigenvalue weighted by molar-refractivity contribution is 5.99. The lowest BCUT2D eigenvalue weighted by molar-refractivity contribution is -0.128. The Labute approximate surface area is 227 Å². The molecule has 0 saturated carbocycles. The zero-order valence-electron chi connectivity index (χ0n) is 22.1. The number of likely N-dealkylation sites (tertiary alicyclic amines) is 1. The summed E-state index contributed by atoms with van der Waals surface area (Å²) in [5.41, 5.74) is 1.74. The molecule has 2 aliphatic heterocycles. The lowest BCUT2D eigenvalue weighted by Gasteiger charge is -2.44. The predicted molar refractivity (Wildman–Crippen MR) is 144 cm³/mol. The van der Waals surface area contributed by atoms with Gasteiger partial charge >= 0.3 is 0 Å². The standard InChI is InChI=1S/C30H32N4O5/c1-21-7-3-4-9-25(21)29(37)33-17-14-30(15-18-33)34(28(36)22-10-12-24(38-2)13-11-22)26(20-39-30)27(35)32-19-23-8-5-6-16-31-23/h3-13,16,26H,14-15,17-20H2,1-2H3,(H,32,35). The van der Waals surface area contributed by atoms with Crippen LogP contribution in [0.2, 0.25) is 0 Å². The Morgan fingerprint density at radius 2 is 1.72 bits per heavy atom. The topological polar surface area (TPSA) is 101 Å². The van der Waals surface area contributed by atoms with Gasteiger partial charge in [-0.1, -0.05) is 24.3 Å². The molecule has 1 spiro atoms. The molecule has 9 heteroatoms. The van der Waals surface area contributed by atoms with Crippen molar-refractivity contribution in [2.45, 2.75) is 38.1 Å². The molecule has 0 aliphatic carbocycles. The van der Waals surface area contributed by atoms with E-state index in [4.69, 9.17) is 9.47 Å². The van der Waals surface area contributed by atoms with Crippen molar-refractivity contribution in [3.8, 4) is 5.75 Å². The Bertz CT molecular complexity index is 1340. The van der Waals surface area contributed by atoms with Crippen LogP contribution < -0.4 is 10.1 Å². The van der Waals surface area contributed by atoms with Crippen molar-refractivity contribution in [1.29, 1.82) is 0 Å². The molecule has 2 aliphatic rings. The number of rotatable bonds is 6. The molecule has 3 heterocycles. The Hall–Kier alpha value is -4.24. The van der Waals surface area contributed by atoms with Gasteiger partial charge in [0.25, 0.3) is 11.8 Å². The fourth-order valence-corrected chi connectivity index (χ4v) is 5.28. The van der Waals surface area contributed by atoms with Gasteiger partial charge in [0, 0.05) is 43.3 Å². The average molecular weight is 529 g/mol. The number of nitrogens with zero attached hydrogens (tertiary/aromatic N) is 3. The van der Waals surface area contributed by atoms with Crippen molar-refractivity contribution >= 4 is 17.7 Å². The number of hydrogen-bond donors (Lipinski definition) is 1. The summed E-state index contributed by atoms with van der Waals surface area (Å²) in [6.07, 6.45) is 2.47. The lowest BCUT2D eigenvalue weighted by atomic mass is 9.95. The van der Waals surface area contributed by atoms with Crippen molar-refractivity contribution < 1.29 is 23.9 Å². The Kier molecular flexibility index (Phi) is 7.60. The quantitative estimate of drug-likeness (QED) is 0.528. The van der Waals surface area contributed by atoms with Gasteiger partial charge in [0.2, 0.25) is 5.91 Å². The monoisotopic (exact) mass is 528 g/mol. The second-order valence-corrected chi connectivity index (χ2v) is 9.82. The zero-order valence-corrected chi connectivity index (χ0v) is 22.1. The molecule has 2 aromatic carbocycles. The first kappa shape index (κ1) is 26.4. The molecule has 5 rings (SSSR count). The Morgan fingerprint density at radius 1 is 1.00 bits per heavy atom. The van der Waals surface area contributed by atoms with Gasteiger partial charge in [-0.3, -0.25) is 24.3 Å². The van der Waals surface area contributed by atoms with E-state index in [-0.39, 0.29) is 30.9 Å². The van der Waals surface area contributed by atoms with E-state index in [0.717, 1.165) is 11.3 Å². The van der Waals surface area contributed by atoms with Crippen LogP contribution in [0.5, 0.6) is 5.75 Å². The van der Waals surface area contributed by atoms with Crippen LogP contribution >= 0.6 is 0 Å². The number of pyridine rings is 1. The van der Waals surface area contributed by atoms with Crippen LogP contribution in [0.4, 0.5) is 0 Å². The predicted octanol–water partition coefficient (Wildman–Crippen LogP) is 3.19. The molecular formula is C30H32N4O5. The normalized spacial score (nSPS) is 18.2. The van der Waals surface area contributed by atoms with Gasteiger partial charge in [0.15, 0.2) is 0 Å². The van der Waals surface area contributed by atoms with Gasteiger partial charge in [-0.05, 0) is 55.0 Å². The van der Waals surface area contributed by atoms with Gasteiger partial charge < -0.3 is 19.7 Å². The van der Waals surface area contributed by atoms with E-state index in [1.165, 1.54) is 0 Å². The van der Waals surface area contributed by atoms with E-state index in [0.29, 0.717) is 42.8 Å². The van der Waals surface area contributed by atoms with Crippen LogP contribution in [0.3, 0.4) is 0 Å². The first-order valence-electron chi connectivity index (χ1n) is 13.1. The van der Waals surface area contributed by atoms with Crippen LogP contribution in [0.25, 0.3) is 0 Å². The zero-order chi connectivity index (χ0) is 27.4. The summed E-state index contributed by atoms with van der Waals surface area (Å²) in [6.45, 7) is 3.04. The minimum atomic E-state index is -0.994. The molecule has 39 heavy (non-hydrogen) atoms. The molecule has 0 radical (unpaired) electrons. The summed E-state index contributed by atoms with van der Waals surface area (Å²) in [6, 6.07) is 19.0. The maximum absolute atomic E-state index is 13.9. The largest absolute Gasteiger partial charge is 0.497 e. The molecule has 3 amide bonds. The molecule has 3 aromatic rings. The number of benzene rings is 2. The number of ether oxygens (including phenoxy) is 2.